The van der Waals surface area contributed by atoms with Gasteiger partial charge in [0.05, 0.1) is 12.0 Å². The largest absolute Gasteiger partial charge is 0.618 e. The van der Waals surface area contributed by atoms with Crippen LogP contribution in [-0.2, 0) is 20.7 Å². The molecule has 2 rings (SSSR count). The van der Waals surface area contributed by atoms with Crippen molar-refractivity contribution >= 4 is 18.8 Å². The van der Waals surface area contributed by atoms with Crippen molar-refractivity contribution in [1.29, 1.82) is 0 Å². The average Bonchev–Trinajstić information content (AvgIpc) is 2.63. The number of aromatic nitrogens is 1. The van der Waals surface area contributed by atoms with Crippen molar-refractivity contribution in [3.8, 4) is 0 Å². The third-order valence-corrected chi connectivity index (χ3v) is 3.48. The molecule has 0 unspecified atom stereocenters. The second kappa shape index (κ2) is 7.89. The van der Waals surface area contributed by atoms with E-state index in [2.05, 4.69) is 5.32 Å². The van der Waals surface area contributed by atoms with Gasteiger partial charge in [0.1, 0.15) is 12.2 Å². The molecule has 0 aliphatic carbocycles. The Morgan fingerprint density at radius 3 is 3.00 bits per heavy atom. The molecule has 0 spiro atoms. The molecule has 1 aromatic rings. The highest BCUT2D eigenvalue weighted by molar-refractivity contribution is 6.45. The number of ketones is 1. The van der Waals surface area contributed by atoms with Gasteiger partial charge in [0.15, 0.2) is 6.20 Å². The van der Waals surface area contributed by atoms with Crippen molar-refractivity contribution in [2.45, 2.75) is 38.2 Å². The number of carbonyl (C=O) groups excluding carboxylic acids is 2. The molecule has 0 saturated carbocycles. The lowest BCUT2D eigenvalue weighted by Crippen LogP contribution is -2.49. The molecule has 0 aromatic carbocycles. The predicted molar refractivity (Wildman–Crippen MR) is 82.9 cm³/mol. The topological polar surface area (TPSA) is 103 Å². The molecule has 8 heteroatoms. The summed E-state index contributed by atoms with van der Waals surface area (Å²) in [7, 11) is -1.21. The van der Waals surface area contributed by atoms with Gasteiger partial charge in [0, 0.05) is 18.6 Å². The predicted octanol–water partition coefficient (Wildman–Crippen LogP) is -0.309. The molecule has 1 aromatic heterocycles. The number of rotatable bonds is 5. The Morgan fingerprint density at radius 2 is 2.30 bits per heavy atom. The summed E-state index contributed by atoms with van der Waals surface area (Å²) in [5.74, 6) is -1.05. The highest BCUT2D eigenvalue weighted by Gasteiger charge is 2.32. The number of pyridine rings is 1. The lowest BCUT2D eigenvalue weighted by atomic mass is 9.77. The van der Waals surface area contributed by atoms with E-state index < -0.39 is 19.2 Å². The van der Waals surface area contributed by atoms with Crippen LogP contribution in [0, 0.1) is 5.21 Å². The quantitative estimate of drug-likeness (QED) is 0.336. The summed E-state index contributed by atoms with van der Waals surface area (Å²) >= 11 is 0. The normalized spacial score (nSPS) is 20.9. The maximum Gasteiger partial charge on any atom is 0.478 e. The number of nitrogens with zero attached hydrogens (tertiary/aromatic N) is 1. The second-order valence-electron chi connectivity index (χ2n) is 5.50. The van der Waals surface area contributed by atoms with Crippen molar-refractivity contribution in [2.75, 3.05) is 0 Å². The smallest absolute Gasteiger partial charge is 0.478 e. The van der Waals surface area contributed by atoms with Crippen LogP contribution in [0.15, 0.2) is 36.5 Å². The Balaban J connectivity index is 1.92. The van der Waals surface area contributed by atoms with Gasteiger partial charge in [0.25, 0.3) is 0 Å². The fourth-order valence-corrected chi connectivity index (χ4v) is 2.37. The Kier molecular flexibility index (Phi) is 5.89. The second-order valence-corrected chi connectivity index (χ2v) is 5.50. The minimum Gasteiger partial charge on any atom is -0.618 e. The summed E-state index contributed by atoms with van der Waals surface area (Å²) in [5.41, 5.74) is 0.319. The standard InChI is InChI=1S/C15H19BN2O5/c1-11(19)9-13-6-4-7-14(16(21)23-13)17-15(20)10-12-5-2-3-8-18(12)22/h2-6,8,13-14,21H,7,9-10H2,1H3,(H,17,20)/t13-,14+/m1/s1. The maximum atomic E-state index is 12.0. The molecule has 2 heterocycles. The molecule has 0 fully saturated rings. The molecule has 23 heavy (non-hydrogen) atoms. The van der Waals surface area contributed by atoms with Crippen LogP contribution in [-0.4, -0.2) is 35.9 Å². The van der Waals surface area contributed by atoms with Crippen molar-refractivity contribution in [3.05, 3.63) is 47.4 Å². The van der Waals surface area contributed by atoms with Gasteiger partial charge in [-0.05, 0) is 19.4 Å². The van der Waals surface area contributed by atoms with Crippen molar-refractivity contribution in [2.24, 2.45) is 0 Å². The molecule has 0 saturated heterocycles. The van der Waals surface area contributed by atoms with Gasteiger partial charge < -0.3 is 20.2 Å². The molecule has 0 radical (unpaired) electrons. The van der Waals surface area contributed by atoms with Gasteiger partial charge in [-0.2, -0.15) is 4.73 Å². The van der Waals surface area contributed by atoms with Crippen LogP contribution in [0.3, 0.4) is 0 Å². The lowest BCUT2D eigenvalue weighted by Gasteiger charge is -2.20. The zero-order valence-corrected chi connectivity index (χ0v) is 12.8. The minimum absolute atomic E-state index is 0.0431. The van der Waals surface area contributed by atoms with E-state index in [9.17, 15) is 19.8 Å². The van der Waals surface area contributed by atoms with Gasteiger partial charge in [-0.3, -0.25) is 9.59 Å². The van der Waals surface area contributed by atoms with Crippen LogP contribution in [0.2, 0.25) is 0 Å². The molecule has 2 atom stereocenters. The van der Waals surface area contributed by atoms with E-state index in [0.29, 0.717) is 16.8 Å². The van der Waals surface area contributed by atoms with Crippen LogP contribution < -0.4 is 10.0 Å². The SMILES string of the molecule is CC(=O)C[C@H]1C=CC[C@H](NC(=O)Cc2cccc[n+]2[O-])B(O)O1. The molecular weight excluding hydrogens is 299 g/mol. The highest BCUT2D eigenvalue weighted by atomic mass is 16.5. The van der Waals surface area contributed by atoms with Gasteiger partial charge in [-0.15, -0.1) is 0 Å². The summed E-state index contributed by atoms with van der Waals surface area (Å²) in [6, 6.07) is 4.82. The Morgan fingerprint density at radius 1 is 1.52 bits per heavy atom. The molecule has 0 bridgehead atoms. The molecule has 1 aliphatic rings. The number of hydrogen-bond donors (Lipinski definition) is 2. The Hall–Kier alpha value is -2.19. The third kappa shape index (κ3) is 5.19. The number of hydrogen-bond acceptors (Lipinski definition) is 5. The third-order valence-electron chi connectivity index (χ3n) is 3.48. The first kappa shape index (κ1) is 17.2. The minimum atomic E-state index is -1.21. The van der Waals surface area contributed by atoms with Gasteiger partial charge >= 0.3 is 7.12 Å². The number of amides is 1. The number of Topliss-reactive ketones (excluding diaryl/α,β-unsaturated/α-hetero) is 1. The summed E-state index contributed by atoms with van der Waals surface area (Å²) in [6.07, 6.45) is 4.77. The molecule has 2 N–H and O–H groups in total. The van der Waals surface area contributed by atoms with Crippen molar-refractivity contribution in [1.82, 2.24) is 5.32 Å². The number of nitrogens with one attached hydrogen (secondary N) is 1. The van der Waals surface area contributed by atoms with Gasteiger partial charge in [0.2, 0.25) is 11.6 Å². The van der Waals surface area contributed by atoms with Gasteiger partial charge in [-0.1, -0.05) is 12.2 Å². The highest BCUT2D eigenvalue weighted by Crippen LogP contribution is 2.12. The lowest BCUT2D eigenvalue weighted by molar-refractivity contribution is -0.613. The van der Waals surface area contributed by atoms with Crippen LogP contribution in [0.1, 0.15) is 25.5 Å². The maximum absolute atomic E-state index is 12.0. The summed E-state index contributed by atoms with van der Waals surface area (Å²) in [4.78, 5) is 23.2. The fourth-order valence-electron chi connectivity index (χ4n) is 2.37. The molecule has 1 amide bonds. The van der Waals surface area contributed by atoms with Crippen LogP contribution in [0.25, 0.3) is 0 Å². The van der Waals surface area contributed by atoms with E-state index in [1.165, 1.54) is 13.1 Å². The molecular formula is C15H19BN2O5. The molecule has 1 aliphatic heterocycles. The first-order valence-corrected chi connectivity index (χ1v) is 7.41. The zero-order valence-electron chi connectivity index (χ0n) is 12.8. The Labute approximate surface area is 134 Å². The van der Waals surface area contributed by atoms with Crippen LogP contribution in [0.4, 0.5) is 0 Å². The zero-order chi connectivity index (χ0) is 16.8. The van der Waals surface area contributed by atoms with Gasteiger partial charge in [-0.25, -0.2) is 0 Å². The number of carbonyl (C=O) groups is 2. The summed E-state index contributed by atoms with van der Waals surface area (Å²) in [5, 5.41) is 24.2. The molecule has 7 nitrogen and oxygen atoms in total. The van der Waals surface area contributed by atoms with E-state index in [-0.39, 0.29) is 24.5 Å². The Bertz CT molecular complexity index is 607. The van der Waals surface area contributed by atoms with Crippen molar-refractivity contribution in [3.63, 3.8) is 0 Å². The fraction of sp³-hybridized carbons (Fsp3) is 0.400. The monoisotopic (exact) mass is 318 g/mol. The summed E-state index contributed by atoms with van der Waals surface area (Å²) < 4.78 is 6.00. The van der Waals surface area contributed by atoms with E-state index in [0.717, 1.165) is 0 Å². The molecule has 122 valence electrons. The van der Waals surface area contributed by atoms with Crippen LogP contribution in [0.5, 0.6) is 0 Å². The first-order chi connectivity index (χ1) is 11.0. The van der Waals surface area contributed by atoms with E-state index in [1.54, 1.807) is 30.4 Å². The van der Waals surface area contributed by atoms with Crippen LogP contribution >= 0.6 is 0 Å². The van der Waals surface area contributed by atoms with E-state index in [4.69, 9.17) is 4.65 Å². The van der Waals surface area contributed by atoms with E-state index >= 15 is 0 Å². The summed E-state index contributed by atoms with van der Waals surface area (Å²) in [6.45, 7) is 1.45. The van der Waals surface area contributed by atoms with E-state index in [1.807, 2.05) is 0 Å². The van der Waals surface area contributed by atoms with Crippen molar-refractivity contribution < 1.29 is 24.0 Å². The average molecular weight is 318 g/mol. The first-order valence-electron chi connectivity index (χ1n) is 7.41.